The van der Waals surface area contributed by atoms with Crippen LogP contribution < -0.4 is 10.6 Å². The average molecular weight is 301 g/mol. The highest BCUT2D eigenvalue weighted by Gasteiger charge is 2.18. The van der Waals surface area contributed by atoms with Crippen molar-refractivity contribution in [1.29, 1.82) is 0 Å². The molecule has 0 bridgehead atoms. The number of hydrogen-bond donors (Lipinski definition) is 2. The molecule has 110 valence electrons. The number of hydrogen-bond acceptors (Lipinski definition) is 5. The van der Waals surface area contributed by atoms with Crippen LogP contribution in [-0.4, -0.2) is 34.9 Å². The van der Waals surface area contributed by atoms with E-state index in [0.29, 0.717) is 12.2 Å². The smallest absolute Gasteiger partial charge is 0.288 e. The van der Waals surface area contributed by atoms with E-state index in [1.807, 2.05) is 0 Å². The van der Waals surface area contributed by atoms with Crippen molar-refractivity contribution in [2.45, 2.75) is 25.8 Å². The highest BCUT2D eigenvalue weighted by molar-refractivity contribution is 5.95. The molecule has 1 aliphatic heterocycles. The first kappa shape index (κ1) is 16.3. The number of aryl methyl sites for hydroxylation is 1. The predicted molar refractivity (Wildman–Crippen MR) is 76.2 cm³/mol. The maximum absolute atomic E-state index is 12.0. The number of halogens is 1. The lowest BCUT2D eigenvalue weighted by molar-refractivity contribution is -0.385. The summed E-state index contributed by atoms with van der Waals surface area (Å²) in [6, 6.07) is 1.55. The van der Waals surface area contributed by atoms with Crippen LogP contribution in [0.1, 0.15) is 28.9 Å². The Labute approximate surface area is 122 Å². The molecule has 0 aliphatic carbocycles. The number of nitro groups is 1. The largest absolute Gasteiger partial charge is 0.350 e. The maximum atomic E-state index is 12.0. The molecule has 1 unspecified atom stereocenters. The molecule has 0 spiro atoms. The Morgan fingerprint density at radius 3 is 3.00 bits per heavy atom. The number of aromatic nitrogens is 1. The van der Waals surface area contributed by atoms with Gasteiger partial charge in [0.2, 0.25) is 0 Å². The Kier molecular flexibility index (Phi) is 5.84. The van der Waals surface area contributed by atoms with Gasteiger partial charge in [0.1, 0.15) is 6.20 Å². The Balaban J connectivity index is 0.00000200. The summed E-state index contributed by atoms with van der Waals surface area (Å²) in [4.78, 5) is 26.0. The van der Waals surface area contributed by atoms with Crippen molar-refractivity contribution in [2.75, 3.05) is 13.1 Å². The van der Waals surface area contributed by atoms with Crippen molar-refractivity contribution in [3.8, 4) is 0 Å². The summed E-state index contributed by atoms with van der Waals surface area (Å²) >= 11 is 0. The fraction of sp³-hybridized carbons (Fsp3) is 0.500. The highest BCUT2D eigenvalue weighted by Crippen LogP contribution is 2.14. The zero-order valence-electron chi connectivity index (χ0n) is 11.1. The number of nitrogens with one attached hydrogen (secondary N) is 2. The molecule has 1 aliphatic rings. The number of pyridine rings is 1. The predicted octanol–water partition coefficient (Wildman–Crippen LogP) is 1.20. The van der Waals surface area contributed by atoms with E-state index < -0.39 is 4.92 Å². The third-order valence-corrected chi connectivity index (χ3v) is 3.20. The minimum absolute atomic E-state index is 0. The van der Waals surface area contributed by atoms with Crippen LogP contribution in [0.25, 0.3) is 0 Å². The van der Waals surface area contributed by atoms with Crippen LogP contribution >= 0.6 is 12.4 Å². The molecule has 1 aromatic heterocycles. The minimum atomic E-state index is -0.554. The van der Waals surface area contributed by atoms with E-state index in [2.05, 4.69) is 15.6 Å². The number of rotatable bonds is 4. The van der Waals surface area contributed by atoms with Gasteiger partial charge in [0, 0.05) is 18.7 Å². The summed E-state index contributed by atoms with van der Waals surface area (Å²) in [5.74, 6) is -0.317. The van der Waals surface area contributed by atoms with Crippen molar-refractivity contribution in [1.82, 2.24) is 15.6 Å². The normalized spacial score (nSPS) is 17.4. The van der Waals surface area contributed by atoms with Crippen LogP contribution in [0.4, 0.5) is 5.69 Å². The first-order chi connectivity index (χ1) is 9.08. The number of amides is 1. The fourth-order valence-electron chi connectivity index (χ4n) is 2.09. The molecular weight excluding hydrogens is 284 g/mol. The molecule has 2 rings (SSSR count). The number of carbonyl (C=O) groups excluding carboxylic acids is 1. The molecule has 0 aromatic carbocycles. The van der Waals surface area contributed by atoms with Crippen LogP contribution in [-0.2, 0) is 0 Å². The second-order valence-electron chi connectivity index (χ2n) is 4.59. The molecule has 1 amide bonds. The summed E-state index contributed by atoms with van der Waals surface area (Å²) in [7, 11) is 0. The summed E-state index contributed by atoms with van der Waals surface area (Å²) in [5.41, 5.74) is 0.574. The molecule has 2 N–H and O–H groups in total. The fourth-order valence-corrected chi connectivity index (χ4v) is 2.09. The van der Waals surface area contributed by atoms with E-state index in [4.69, 9.17) is 0 Å². The molecule has 0 saturated carbocycles. The summed E-state index contributed by atoms with van der Waals surface area (Å²) < 4.78 is 0. The Morgan fingerprint density at radius 1 is 1.65 bits per heavy atom. The topological polar surface area (TPSA) is 97.2 Å². The first-order valence-electron chi connectivity index (χ1n) is 6.20. The number of nitrogens with zero attached hydrogens (tertiary/aromatic N) is 2. The van der Waals surface area contributed by atoms with Gasteiger partial charge in [-0.3, -0.25) is 19.9 Å². The monoisotopic (exact) mass is 300 g/mol. The second-order valence-corrected chi connectivity index (χ2v) is 4.59. The van der Waals surface area contributed by atoms with Crippen molar-refractivity contribution in [3.05, 3.63) is 33.6 Å². The van der Waals surface area contributed by atoms with E-state index in [1.165, 1.54) is 6.07 Å². The van der Waals surface area contributed by atoms with Gasteiger partial charge < -0.3 is 10.6 Å². The van der Waals surface area contributed by atoms with E-state index in [9.17, 15) is 14.9 Å². The molecule has 2 heterocycles. The molecular formula is C12H17ClN4O3. The van der Waals surface area contributed by atoms with Crippen LogP contribution in [0.5, 0.6) is 0 Å². The van der Waals surface area contributed by atoms with Gasteiger partial charge in [-0.1, -0.05) is 0 Å². The summed E-state index contributed by atoms with van der Waals surface area (Å²) in [6.45, 7) is 3.16. The van der Waals surface area contributed by atoms with Gasteiger partial charge in [-0.25, -0.2) is 0 Å². The lowest BCUT2D eigenvalue weighted by Crippen LogP contribution is -2.37. The SMILES string of the molecule is Cc1ncc([N+](=O)[O-])cc1C(=O)NCC1CCCN1.Cl. The molecule has 1 saturated heterocycles. The van der Waals surface area contributed by atoms with Gasteiger partial charge in [-0.15, -0.1) is 12.4 Å². The van der Waals surface area contributed by atoms with E-state index in [1.54, 1.807) is 6.92 Å². The standard InChI is InChI=1S/C12H16N4O3.ClH/c1-8-11(5-10(7-14-8)16(18)19)12(17)15-6-9-3-2-4-13-9;/h5,7,9,13H,2-4,6H2,1H3,(H,15,17);1H. The molecule has 1 fully saturated rings. The second kappa shape index (κ2) is 7.16. The van der Waals surface area contributed by atoms with Crippen molar-refractivity contribution < 1.29 is 9.72 Å². The van der Waals surface area contributed by atoms with Crippen LogP contribution in [0.3, 0.4) is 0 Å². The van der Waals surface area contributed by atoms with Gasteiger partial charge in [-0.05, 0) is 26.3 Å². The van der Waals surface area contributed by atoms with Crippen molar-refractivity contribution in [2.24, 2.45) is 0 Å². The third-order valence-electron chi connectivity index (χ3n) is 3.20. The van der Waals surface area contributed by atoms with Crippen molar-refractivity contribution >= 4 is 24.0 Å². The van der Waals surface area contributed by atoms with Crippen LogP contribution in [0.2, 0.25) is 0 Å². The zero-order chi connectivity index (χ0) is 13.8. The minimum Gasteiger partial charge on any atom is -0.350 e. The van der Waals surface area contributed by atoms with Gasteiger partial charge >= 0.3 is 0 Å². The maximum Gasteiger partial charge on any atom is 0.288 e. The molecule has 1 atom stereocenters. The zero-order valence-corrected chi connectivity index (χ0v) is 11.9. The third kappa shape index (κ3) is 3.88. The van der Waals surface area contributed by atoms with Crippen LogP contribution in [0, 0.1) is 17.0 Å². The molecule has 1 aromatic rings. The van der Waals surface area contributed by atoms with E-state index in [-0.39, 0.29) is 35.6 Å². The highest BCUT2D eigenvalue weighted by atomic mass is 35.5. The van der Waals surface area contributed by atoms with E-state index >= 15 is 0 Å². The Bertz CT molecular complexity index is 503. The molecule has 8 heteroatoms. The van der Waals surface area contributed by atoms with E-state index in [0.717, 1.165) is 25.6 Å². The lowest BCUT2D eigenvalue weighted by Gasteiger charge is -2.12. The van der Waals surface area contributed by atoms with Gasteiger partial charge in [0.15, 0.2) is 0 Å². The summed E-state index contributed by atoms with van der Waals surface area (Å²) in [6.07, 6.45) is 3.30. The molecule has 7 nitrogen and oxygen atoms in total. The van der Waals surface area contributed by atoms with Crippen LogP contribution in [0.15, 0.2) is 12.3 Å². The Hall–Kier alpha value is -1.73. The van der Waals surface area contributed by atoms with Crippen molar-refractivity contribution in [3.63, 3.8) is 0 Å². The summed E-state index contributed by atoms with van der Waals surface area (Å²) in [5, 5.41) is 16.7. The molecule has 20 heavy (non-hydrogen) atoms. The number of carbonyl (C=O) groups is 1. The molecule has 0 radical (unpaired) electrons. The van der Waals surface area contributed by atoms with Gasteiger partial charge in [0.25, 0.3) is 11.6 Å². The van der Waals surface area contributed by atoms with Gasteiger partial charge in [-0.2, -0.15) is 0 Å². The average Bonchev–Trinajstić information content (AvgIpc) is 2.89. The first-order valence-corrected chi connectivity index (χ1v) is 6.20. The van der Waals surface area contributed by atoms with Gasteiger partial charge in [0.05, 0.1) is 16.2 Å². The quantitative estimate of drug-likeness (QED) is 0.643. The lowest BCUT2D eigenvalue weighted by atomic mass is 10.1. The Morgan fingerprint density at radius 2 is 2.40 bits per heavy atom.